The normalized spacial score (nSPS) is 9.70. The SMILES string of the molecule is Cc1cc(=N)c(N)cn1O. The van der Waals surface area contributed by atoms with Crippen molar-refractivity contribution in [3.63, 3.8) is 0 Å². The van der Waals surface area contributed by atoms with Gasteiger partial charge in [-0.2, -0.15) is 4.73 Å². The van der Waals surface area contributed by atoms with Gasteiger partial charge in [-0.15, -0.1) is 0 Å². The van der Waals surface area contributed by atoms with Gasteiger partial charge in [-0.1, -0.05) is 0 Å². The first-order valence-electron chi connectivity index (χ1n) is 2.84. The molecule has 0 fully saturated rings. The van der Waals surface area contributed by atoms with Gasteiger partial charge >= 0.3 is 0 Å². The molecule has 4 heteroatoms. The van der Waals surface area contributed by atoms with E-state index in [9.17, 15) is 0 Å². The Balaban J connectivity index is 3.43. The first-order chi connectivity index (χ1) is 4.61. The fraction of sp³-hybridized carbons (Fsp3) is 0.167. The largest absolute Gasteiger partial charge is 0.429 e. The van der Waals surface area contributed by atoms with E-state index in [1.807, 2.05) is 0 Å². The molecule has 4 nitrogen and oxygen atoms in total. The van der Waals surface area contributed by atoms with Crippen molar-refractivity contribution in [2.75, 3.05) is 5.73 Å². The zero-order chi connectivity index (χ0) is 7.72. The quantitative estimate of drug-likeness (QED) is 0.446. The molecule has 1 heterocycles. The van der Waals surface area contributed by atoms with Gasteiger partial charge in [-0.25, -0.2) is 0 Å². The minimum atomic E-state index is 0.239. The van der Waals surface area contributed by atoms with Gasteiger partial charge in [0.1, 0.15) is 0 Å². The van der Waals surface area contributed by atoms with Crippen molar-refractivity contribution >= 4 is 5.69 Å². The second-order valence-corrected chi connectivity index (χ2v) is 2.13. The molecule has 54 valence electrons. The van der Waals surface area contributed by atoms with Crippen molar-refractivity contribution in [3.8, 4) is 0 Å². The first kappa shape index (κ1) is 6.67. The van der Waals surface area contributed by atoms with Gasteiger partial charge in [-0.3, -0.25) is 5.41 Å². The molecular weight excluding hydrogens is 130 g/mol. The summed E-state index contributed by atoms with van der Waals surface area (Å²) in [6, 6.07) is 1.50. The van der Waals surface area contributed by atoms with E-state index in [0.29, 0.717) is 5.69 Å². The number of anilines is 1. The summed E-state index contributed by atoms with van der Waals surface area (Å²) < 4.78 is 0.896. The average molecular weight is 139 g/mol. The summed E-state index contributed by atoms with van der Waals surface area (Å²) >= 11 is 0. The minimum absolute atomic E-state index is 0.239. The summed E-state index contributed by atoms with van der Waals surface area (Å²) in [7, 11) is 0. The van der Waals surface area contributed by atoms with E-state index in [1.165, 1.54) is 12.3 Å². The van der Waals surface area contributed by atoms with E-state index in [-0.39, 0.29) is 11.0 Å². The maximum Gasteiger partial charge on any atom is 0.0804 e. The number of hydrogen-bond acceptors (Lipinski definition) is 3. The van der Waals surface area contributed by atoms with Crippen molar-refractivity contribution in [2.45, 2.75) is 6.92 Å². The summed E-state index contributed by atoms with van der Waals surface area (Å²) in [6.45, 7) is 1.69. The lowest BCUT2D eigenvalue weighted by Gasteiger charge is -2.02. The fourth-order valence-corrected chi connectivity index (χ4v) is 0.661. The number of nitrogens with zero attached hydrogens (tertiary/aromatic N) is 1. The van der Waals surface area contributed by atoms with E-state index in [1.54, 1.807) is 6.92 Å². The summed E-state index contributed by atoms with van der Waals surface area (Å²) in [4.78, 5) is 0. The van der Waals surface area contributed by atoms with Crippen molar-refractivity contribution < 1.29 is 5.21 Å². The fourth-order valence-electron chi connectivity index (χ4n) is 0.661. The molecule has 4 N–H and O–H groups in total. The van der Waals surface area contributed by atoms with E-state index in [4.69, 9.17) is 16.4 Å². The minimum Gasteiger partial charge on any atom is -0.429 e. The van der Waals surface area contributed by atoms with Crippen molar-refractivity contribution in [1.29, 1.82) is 5.41 Å². The van der Waals surface area contributed by atoms with Crippen LogP contribution in [0.3, 0.4) is 0 Å². The van der Waals surface area contributed by atoms with E-state index < -0.39 is 0 Å². The second kappa shape index (κ2) is 2.06. The van der Waals surface area contributed by atoms with Crippen LogP contribution in [0.4, 0.5) is 5.69 Å². The number of nitrogens with one attached hydrogen (secondary N) is 1. The van der Waals surface area contributed by atoms with Crippen molar-refractivity contribution in [3.05, 3.63) is 23.3 Å². The Hall–Kier alpha value is -1.45. The first-order valence-corrected chi connectivity index (χ1v) is 2.84. The molecule has 0 spiro atoms. The molecule has 0 aromatic carbocycles. The number of nitrogens with two attached hydrogens (primary N) is 1. The molecule has 0 bridgehead atoms. The van der Waals surface area contributed by atoms with Crippen LogP contribution in [0.2, 0.25) is 0 Å². The predicted octanol–water partition coefficient (Wildman–Crippen LogP) is 0.0955. The summed E-state index contributed by atoms with van der Waals surface area (Å²) in [5.41, 5.74) is 6.19. The van der Waals surface area contributed by atoms with E-state index in [2.05, 4.69) is 0 Å². The molecule has 0 aliphatic carbocycles. The highest BCUT2D eigenvalue weighted by Crippen LogP contribution is 1.94. The maximum absolute atomic E-state index is 8.98. The van der Waals surface area contributed by atoms with Gasteiger partial charge in [-0.05, 0) is 13.0 Å². The standard InChI is InChI=1S/C6H9N3O/c1-4-2-5(7)6(8)3-9(4)10/h2-3,7,10H,8H2,1H3. The van der Waals surface area contributed by atoms with Gasteiger partial charge in [0.15, 0.2) is 0 Å². The lowest BCUT2D eigenvalue weighted by Crippen LogP contribution is -2.12. The van der Waals surface area contributed by atoms with Crippen LogP contribution < -0.4 is 11.1 Å². The van der Waals surface area contributed by atoms with Crippen LogP contribution in [0, 0.1) is 12.3 Å². The third-order valence-corrected chi connectivity index (χ3v) is 1.29. The molecule has 1 rings (SSSR count). The Morgan fingerprint density at radius 1 is 1.70 bits per heavy atom. The van der Waals surface area contributed by atoms with E-state index >= 15 is 0 Å². The zero-order valence-electron chi connectivity index (χ0n) is 5.63. The average Bonchev–Trinajstić information content (AvgIpc) is 1.84. The predicted molar refractivity (Wildman–Crippen MR) is 36.6 cm³/mol. The van der Waals surface area contributed by atoms with E-state index in [0.717, 1.165) is 4.73 Å². The van der Waals surface area contributed by atoms with Crippen LogP contribution in [0.1, 0.15) is 5.69 Å². The van der Waals surface area contributed by atoms with Gasteiger partial charge in [0.05, 0.1) is 22.9 Å². The van der Waals surface area contributed by atoms with Gasteiger partial charge in [0.25, 0.3) is 0 Å². The molecule has 1 aromatic rings. The van der Waals surface area contributed by atoms with Crippen molar-refractivity contribution in [1.82, 2.24) is 4.73 Å². The Bertz CT molecular complexity index is 302. The third kappa shape index (κ3) is 0.953. The monoisotopic (exact) mass is 139 g/mol. The molecule has 1 aromatic heterocycles. The number of pyridine rings is 1. The lowest BCUT2D eigenvalue weighted by molar-refractivity contribution is 0.178. The summed E-state index contributed by atoms with van der Waals surface area (Å²) in [6.07, 6.45) is 1.30. The third-order valence-electron chi connectivity index (χ3n) is 1.29. The Labute approximate surface area is 58.0 Å². The Kier molecular flexibility index (Phi) is 1.37. The number of nitrogen functional groups attached to an aromatic ring is 1. The number of hydrogen-bond donors (Lipinski definition) is 3. The zero-order valence-corrected chi connectivity index (χ0v) is 5.63. The number of rotatable bonds is 0. The van der Waals surface area contributed by atoms with Gasteiger partial charge in [0, 0.05) is 0 Å². The smallest absolute Gasteiger partial charge is 0.0804 e. The highest BCUT2D eigenvalue weighted by atomic mass is 16.5. The molecule has 0 aliphatic rings. The lowest BCUT2D eigenvalue weighted by atomic mass is 10.3. The van der Waals surface area contributed by atoms with Gasteiger partial charge in [0.2, 0.25) is 0 Å². The number of aromatic nitrogens is 1. The van der Waals surface area contributed by atoms with Crippen molar-refractivity contribution in [2.24, 2.45) is 0 Å². The van der Waals surface area contributed by atoms with Gasteiger partial charge < -0.3 is 10.9 Å². The molecule has 0 unspecified atom stereocenters. The molecule has 0 aliphatic heterocycles. The molecule has 0 atom stereocenters. The Morgan fingerprint density at radius 2 is 2.30 bits per heavy atom. The maximum atomic E-state index is 8.98. The molecule has 0 amide bonds. The summed E-state index contributed by atoms with van der Waals surface area (Å²) in [5, 5.41) is 16.4. The highest BCUT2D eigenvalue weighted by molar-refractivity contribution is 5.33. The summed E-state index contributed by atoms with van der Waals surface area (Å²) in [5.74, 6) is 0. The molecule has 0 saturated carbocycles. The molecule has 0 saturated heterocycles. The molecule has 10 heavy (non-hydrogen) atoms. The van der Waals surface area contributed by atoms with Crippen LogP contribution in [-0.2, 0) is 0 Å². The second-order valence-electron chi connectivity index (χ2n) is 2.13. The van der Waals surface area contributed by atoms with Crippen LogP contribution in [0.15, 0.2) is 12.3 Å². The topological polar surface area (TPSA) is 75.0 Å². The molecule has 0 radical (unpaired) electrons. The molecular formula is C6H9N3O. The van der Waals surface area contributed by atoms with Crippen LogP contribution >= 0.6 is 0 Å². The highest BCUT2D eigenvalue weighted by Gasteiger charge is 1.93. The van der Waals surface area contributed by atoms with Crippen LogP contribution in [-0.4, -0.2) is 9.94 Å². The van der Waals surface area contributed by atoms with Crippen LogP contribution in [0.5, 0.6) is 0 Å². The number of aryl methyl sites for hydroxylation is 1. The Morgan fingerprint density at radius 3 is 2.80 bits per heavy atom. The van der Waals surface area contributed by atoms with Crippen LogP contribution in [0.25, 0.3) is 0 Å².